The van der Waals surface area contributed by atoms with E-state index in [-0.39, 0.29) is 0 Å². The lowest BCUT2D eigenvalue weighted by atomic mass is 10.3. The number of amides is 1. The number of carbonyl (C=O) groups excluding carboxylic acids is 1. The number of rotatable bonds is 2. The van der Waals surface area contributed by atoms with Crippen molar-refractivity contribution in [3.8, 4) is 5.75 Å². The molecule has 0 saturated heterocycles. The summed E-state index contributed by atoms with van der Waals surface area (Å²) in [5.41, 5.74) is -1.02. The van der Waals surface area contributed by atoms with Crippen LogP contribution in [0.2, 0.25) is 0 Å². The number of nitrogens with one attached hydrogen (secondary N) is 2. The number of anilines is 1. The zero-order chi connectivity index (χ0) is 15.6. The first-order valence-electron chi connectivity index (χ1n) is 5.92. The SMILES string of the molecule is COc1cccc(NC(=O)n2cc(F)c(=N)n(C)c2=O)c1. The van der Waals surface area contributed by atoms with E-state index in [0.717, 1.165) is 4.57 Å². The Kier molecular flexibility index (Phi) is 3.88. The molecule has 2 aromatic rings. The molecule has 2 N–H and O–H groups in total. The highest BCUT2D eigenvalue weighted by molar-refractivity contribution is 5.90. The van der Waals surface area contributed by atoms with Crippen LogP contribution in [0, 0.1) is 11.2 Å². The fourth-order valence-corrected chi connectivity index (χ4v) is 1.68. The molecule has 1 aromatic carbocycles. The van der Waals surface area contributed by atoms with Crippen LogP contribution in [0.15, 0.2) is 35.3 Å². The van der Waals surface area contributed by atoms with Gasteiger partial charge in [0.25, 0.3) is 0 Å². The highest BCUT2D eigenvalue weighted by atomic mass is 19.1. The minimum atomic E-state index is -0.974. The van der Waals surface area contributed by atoms with Gasteiger partial charge in [0.2, 0.25) is 0 Å². The molecule has 110 valence electrons. The number of aromatic nitrogens is 2. The van der Waals surface area contributed by atoms with E-state index in [0.29, 0.717) is 22.2 Å². The van der Waals surface area contributed by atoms with Crippen molar-refractivity contribution in [1.29, 1.82) is 5.41 Å². The van der Waals surface area contributed by atoms with Crippen LogP contribution < -0.4 is 21.2 Å². The standard InChI is InChI=1S/C13H13FN4O3/c1-17-11(15)10(14)7-18(13(17)20)12(19)16-8-4-3-5-9(6-8)21-2/h3-7,15H,1-2H3,(H,16,19). The quantitative estimate of drug-likeness (QED) is 0.861. The highest BCUT2D eigenvalue weighted by Gasteiger charge is 2.12. The monoisotopic (exact) mass is 292 g/mol. The van der Waals surface area contributed by atoms with Gasteiger partial charge in [-0.2, -0.15) is 0 Å². The Balaban J connectivity index is 2.37. The number of carbonyl (C=O) groups is 1. The van der Waals surface area contributed by atoms with E-state index in [1.807, 2.05) is 0 Å². The second kappa shape index (κ2) is 5.61. The van der Waals surface area contributed by atoms with Gasteiger partial charge in [-0.3, -0.25) is 9.98 Å². The van der Waals surface area contributed by atoms with Gasteiger partial charge in [0.1, 0.15) is 5.75 Å². The van der Waals surface area contributed by atoms with Gasteiger partial charge in [0, 0.05) is 18.8 Å². The maximum Gasteiger partial charge on any atom is 0.337 e. The average molecular weight is 292 g/mol. The van der Waals surface area contributed by atoms with E-state index in [1.54, 1.807) is 24.3 Å². The smallest absolute Gasteiger partial charge is 0.337 e. The predicted octanol–water partition coefficient (Wildman–Crippen LogP) is 0.894. The molecule has 0 atom stereocenters. The van der Waals surface area contributed by atoms with E-state index in [9.17, 15) is 14.0 Å². The molecule has 0 aliphatic heterocycles. The van der Waals surface area contributed by atoms with Crippen LogP contribution in [0.5, 0.6) is 5.75 Å². The molecular weight excluding hydrogens is 279 g/mol. The van der Waals surface area contributed by atoms with E-state index < -0.39 is 23.0 Å². The molecule has 0 radical (unpaired) electrons. The summed E-state index contributed by atoms with van der Waals surface area (Å²) in [4.78, 5) is 23.9. The van der Waals surface area contributed by atoms with Crippen molar-refractivity contribution in [3.05, 3.63) is 52.3 Å². The van der Waals surface area contributed by atoms with Gasteiger partial charge in [-0.15, -0.1) is 0 Å². The van der Waals surface area contributed by atoms with Crippen molar-refractivity contribution >= 4 is 11.7 Å². The number of hydrogen-bond donors (Lipinski definition) is 2. The summed E-state index contributed by atoms with van der Waals surface area (Å²) in [6, 6.07) is 5.67. The summed E-state index contributed by atoms with van der Waals surface area (Å²) in [5, 5.41) is 9.77. The molecule has 1 aromatic heterocycles. The number of benzene rings is 1. The normalized spacial score (nSPS) is 10.2. The third-order valence-corrected chi connectivity index (χ3v) is 2.84. The van der Waals surface area contributed by atoms with Gasteiger partial charge in [0.15, 0.2) is 11.3 Å². The largest absolute Gasteiger partial charge is 0.497 e. The van der Waals surface area contributed by atoms with E-state index in [2.05, 4.69) is 5.32 Å². The van der Waals surface area contributed by atoms with Gasteiger partial charge < -0.3 is 10.1 Å². The first-order valence-corrected chi connectivity index (χ1v) is 5.92. The molecule has 0 spiro atoms. The van der Waals surface area contributed by atoms with Crippen LogP contribution in [0.25, 0.3) is 0 Å². The molecule has 1 amide bonds. The number of halogens is 1. The topological polar surface area (TPSA) is 89.1 Å². The maximum absolute atomic E-state index is 13.5. The summed E-state index contributed by atoms with van der Waals surface area (Å²) in [6.45, 7) is 0. The van der Waals surface area contributed by atoms with Gasteiger partial charge >= 0.3 is 11.7 Å². The van der Waals surface area contributed by atoms with Crippen molar-refractivity contribution < 1.29 is 13.9 Å². The second-order valence-corrected chi connectivity index (χ2v) is 4.20. The number of nitrogens with zero attached hydrogens (tertiary/aromatic N) is 2. The zero-order valence-electron chi connectivity index (χ0n) is 11.4. The first kappa shape index (κ1) is 14.5. The van der Waals surface area contributed by atoms with Crippen molar-refractivity contribution in [2.75, 3.05) is 12.4 Å². The Hall–Kier alpha value is -2.90. The van der Waals surface area contributed by atoms with E-state index in [1.165, 1.54) is 14.2 Å². The maximum atomic E-state index is 13.5. The average Bonchev–Trinajstić information content (AvgIpc) is 2.48. The van der Waals surface area contributed by atoms with Crippen LogP contribution >= 0.6 is 0 Å². The van der Waals surface area contributed by atoms with Gasteiger partial charge in [-0.05, 0) is 12.1 Å². The van der Waals surface area contributed by atoms with Crippen LogP contribution in [-0.2, 0) is 7.05 Å². The van der Waals surface area contributed by atoms with Gasteiger partial charge in [0.05, 0.1) is 13.3 Å². The van der Waals surface area contributed by atoms with Crippen molar-refractivity contribution in [3.63, 3.8) is 0 Å². The molecule has 7 nitrogen and oxygen atoms in total. The molecule has 0 unspecified atom stereocenters. The predicted molar refractivity (Wildman–Crippen MR) is 72.9 cm³/mol. The molecular formula is C13H13FN4O3. The van der Waals surface area contributed by atoms with Crippen LogP contribution in [-0.4, -0.2) is 22.3 Å². The van der Waals surface area contributed by atoms with Gasteiger partial charge in [-0.1, -0.05) is 6.07 Å². The molecule has 0 bridgehead atoms. The fraction of sp³-hybridized carbons (Fsp3) is 0.154. The molecule has 8 heteroatoms. The summed E-state index contributed by atoms with van der Waals surface area (Å²) in [6.07, 6.45) is 0.681. The third kappa shape index (κ3) is 2.83. The third-order valence-electron chi connectivity index (χ3n) is 2.84. The number of hydrogen-bond acceptors (Lipinski definition) is 4. The fourth-order valence-electron chi connectivity index (χ4n) is 1.68. The Bertz CT molecular complexity index is 810. The Morgan fingerprint density at radius 2 is 2.14 bits per heavy atom. The lowest BCUT2D eigenvalue weighted by molar-refractivity contribution is 0.251. The molecule has 0 aliphatic rings. The molecule has 2 rings (SSSR count). The Morgan fingerprint density at radius 1 is 1.43 bits per heavy atom. The lowest BCUT2D eigenvalue weighted by Gasteiger charge is -2.10. The Labute approximate surface area is 118 Å². The molecule has 0 aliphatic carbocycles. The lowest BCUT2D eigenvalue weighted by Crippen LogP contribution is -2.43. The summed E-state index contributed by atoms with van der Waals surface area (Å²) in [5.74, 6) is -0.448. The summed E-state index contributed by atoms with van der Waals surface area (Å²) >= 11 is 0. The molecule has 21 heavy (non-hydrogen) atoms. The minimum absolute atomic E-state index is 0.393. The number of methoxy groups -OCH3 is 1. The molecule has 1 heterocycles. The minimum Gasteiger partial charge on any atom is -0.497 e. The van der Waals surface area contributed by atoms with Crippen LogP contribution in [0.4, 0.5) is 14.9 Å². The highest BCUT2D eigenvalue weighted by Crippen LogP contribution is 2.16. The van der Waals surface area contributed by atoms with Crippen LogP contribution in [0.1, 0.15) is 0 Å². The molecule has 0 saturated carbocycles. The summed E-state index contributed by atoms with van der Waals surface area (Å²) in [7, 11) is 2.69. The zero-order valence-corrected chi connectivity index (χ0v) is 11.4. The summed E-state index contributed by atoms with van der Waals surface area (Å²) < 4.78 is 19.8. The van der Waals surface area contributed by atoms with Gasteiger partial charge in [-0.25, -0.2) is 18.5 Å². The number of ether oxygens (including phenoxy) is 1. The Morgan fingerprint density at radius 3 is 2.81 bits per heavy atom. The first-order chi connectivity index (χ1) is 9.93. The van der Waals surface area contributed by atoms with Crippen LogP contribution in [0.3, 0.4) is 0 Å². The van der Waals surface area contributed by atoms with E-state index >= 15 is 0 Å². The van der Waals surface area contributed by atoms with E-state index in [4.69, 9.17) is 10.1 Å². The van der Waals surface area contributed by atoms with Crippen molar-refractivity contribution in [2.24, 2.45) is 7.05 Å². The van der Waals surface area contributed by atoms with Crippen molar-refractivity contribution in [1.82, 2.24) is 9.13 Å². The molecule has 0 fully saturated rings. The second-order valence-electron chi connectivity index (χ2n) is 4.20. The van der Waals surface area contributed by atoms with Crippen molar-refractivity contribution in [2.45, 2.75) is 0 Å².